The smallest absolute Gasteiger partial charge is 0.320 e. The second kappa shape index (κ2) is 7.13. The van der Waals surface area contributed by atoms with Crippen LogP contribution in [0.1, 0.15) is 37.8 Å². The number of furan rings is 1. The molecule has 0 fully saturated rings. The molecule has 7 heteroatoms. The molecule has 2 aromatic heterocycles. The largest absolute Gasteiger partial charge is 0.467 e. The number of hydrogen-bond acceptors (Lipinski definition) is 4. The Hall–Kier alpha value is -2.28. The van der Waals surface area contributed by atoms with Gasteiger partial charge in [0.15, 0.2) is 0 Å². The van der Waals surface area contributed by atoms with Crippen LogP contribution >= 0.6 is 0 Å². The molecule has 120 valence electrons. The zero-order valence-electron chi connectivity index (χ0n) is 13.0. The Bertz CT molecular complexity index is 606. The lowest BCUT2D eigenvalue weighted by Gasteiger charge is -2.17. The van der Waals surface area contributed by atoms with Crippen LogP contribution in [0.2, 0.25) is 0 Å². The van der Waals surface area contributed by atoms with Gasteiger partial charge in [-0.3, -0.25) is 10.00 Å². The zero-order valence-corrected chi connectivity index (χ0v) is 13.0. The molecule has 2 heterocycles. The highest BCUT2D eigenvalue weighted by atomic mass is 16.4. The molecule has 7 nitrogen and oxygen atoms in total. The fraction of sp³-hybridized carbons (Fsp3) is 0.467. The number of urea groups is 1. The molecule has 0 saturated carbocycles. The van der Waals surface area contributed by atoms with Gasteiger partial charge in [0.25, 0.3) is 0 Å². The number of carbonyl (C=O) groups is 1. The van der Waals surface area contributed by atoms with E-state index in [4.69, 9.17) is 4.42 Å². The van der Waals surface area contributed by atoms with Crippen molar-refractivity contribution in [2.75, 3.05) is 5.32 Å². The summed E-state index contributed by atoms with van der Waals surface area (Å²) in [5.74, 6) is 1.13. The number of hydrogen-bond donors (Lipinski definition) is 3. The Morgan fingerprint density at radius 2 is 2.32 bits per heavy atom. The van der Waals surface area contributed by atoms with E-state index in [0.29, 0.717) is 18.0 Å². The van der Waals surface area contributed by atoms with Crippen LogP contribution in [-0.4, -0.2) is 27.0 Å². The predicted molar refractivity (Wildman–Crippen MR) is 82.5 cm³/mol. The van der Waals surface area contributed by atoms with Crippen LogP contribution in [0.5, 0.6) is 0 Å². The van der Waals surface area contributed by atoms with Gasteiger partial charge in [0, 0.05) is 25.6 Å². The van der Waals surface area contributed by atoms with Gasteiger partial charge >= 0.3 is 6.03 Å². The molecular weight excluding hydrogens is 284 g/mol. The first-order chi connectivity index (χ1) is 10.5. The molecule has 2 aromatic rings. The SMILES string of the molecule is CCc1cc(NC(=O)N[C@H](C)C[C@@H](O)c2ccco2)n(C)n1. The van der Waals surface area contributed by atoms with Crippen LogP contribution in [0.4, 0.5) is 10.6 Å². The summed E-state index contributed by atoms with van der Waals surface area (Å²) in [7, 11) is 1.78. The van der Waals surface area contributed by atoms with Crippen LogP contribution in [0.15, 0.2) is 28.9 Å². The molecule has 0 aliphatic carbocycles. The number of amides is 2. The highest BCUT2D eigenvalue weighted by Crippen LogP contribution is 2.18. The van der Waals surface area contributed by atoms with Gasteiger partial charge in [-0.05, 0) is 25.5 Å². The number of aryl methyl sites for hydroxylation is 2. The maximum Gasteiger partial charge on any atom is 0.320 e. The number of nitrogens with one attached hydrogen (secondary N) is 2. The Kier molecular flexibility index (Phi) is 5.21. The second-order valence-corrected chi connectivity index (χ2v) is 5.26. The van der Waals surface area contributed by atoms with E-state index >= 15 is 0 Å². The highest BCUT2D eigenvalue weighted by Gasteiger charge is 2.17. The van der Waals surface area contributed by atoms with E-state index in [1.54, 1.807) is 23.9 Å². The Morgan fingerprint density at radius 3 is 2.91 bits per heavy atom. The number of nitrogens with zero attached hydrogens (tertiary/aromatic N) is 2. The minimum atomic E-state index is -0.742. The summed E-state index contributed by atoms with van der Waals surface area (Å²) in [6.45, 7) is 3.83. The molecule has 2 amide bonds. The lowest BCUT2D eigenvalue weighted by molar-refractivity contribution is 0.130. The summed E-state index contributed by atoms with van der Waals surface area (Å²) in [6, 6.07) is 4.72. The molecule has 0 unspecified atom stereocenters. The summed E-state index contributed by atoms with van der Waals surface area (Å²) in [4.78, 5) is 12.0. The normalized spacial score (nSPS) is 13.6. The van der Waals surface area contributed by atoms with Crippen molar-refractivity contribution in [3.05, 3.63) is 35.9 Å². The first-order valence-electron chi connectivity index (χ1n) is 7.31. The van der Waals surface area contributed by atoms with E-state index in [1.807, 2.05) is 19.9 Å². The van der Waals surface area contributed by atoms with Gasteiger partial charge in [0.05, 0.1) is 12.0 Å². The van der Waals surface area contributed by atoms with Crippen molar-refractivity contribution in [1.82, 2.24) is 15.1 Å². The highest BCUT2D eigenvalue weighted by molar-refractivity contribution is 5.88. The van der Waals surface area contributed by atoms with Gasteiger partial charge in [0.2, 0.25) is 0 Å². The van der Waals surface area contributed by atoms with Crippen molar-refractivity contribution in [1.29, 1.82) is 0 Å². The topological polar surface area (TPSA) is 92.3 Å². The quantitative estimate of drug-likeness (QED) is 0.763. The average molecular weight is 306 g/mol. The van der Waals surface area contributed by atoms with Gasteiger partial charge in [-0.1, -0.05) is 6.92 Å². The first kappa shape index (κ1) is 16.1. The van der Waals surface area contributed by atoms with E-state index in [-0.39, 0.29) is 12.1 Å². The summed E-state index contributed by atoms with van der Waals surface area (Å²) in [5.41, 5.74) is 0.916. The van der Waals surface area contributed by atoms with Crippen molar-refractivity contribution in [2.24, 2.45) is 7.05 Å². The molecule has 0 spiro atoms. The van der Waals surface area contributed by atoms with Gasteiger partial charge in [-0.15, -0.1) is 0 Å². The molecule has 0 radical (unpaired) electrons. The third-order valence-corrected chi connectivity index (χ3v) is 3.36. The maximum atomic E-state index is 12.0. The lowest BCUT2D eigenvalue weighted by Crippen LogP contribution is -2.37. The number of aromatic nitrogens is 2. The molecule has 0 bridgehead atoms. The summed E-state index contributed by atoms with van der Waals surface area (Å²) < 4.78 is 6.76. The molecule has 0 aliphatic rings. The third-order valence-electron chi connectivity index (χ3n) is 3.36. The Morgan fingerprint density at radius 1 is 1.55 bits per heavy atom. The number of rotatable bonds is 6. The predicted octanol–water partition coefficient (Wildman–Crippen LogP) is 2.21. The fourth-order valence-electron chi connectivity index (χ4n) is 2.18. The first-order valence-corrected chi connectivity index (χ1v) is 7.31. The van der Waals surface area contributed by atoms with Crippen molar-refractivity contribution in [3.8, 4) is 0 Å². The van der Waals surface area contributed by atoms with Crippen LogP contribution in [0, 0.1) is 0 Å². The molecule has 3 N–H and O–H groups in total. The van der Waals surface area contributed by atoms with Crippen LogP contribution in [-0.2, 0) is 13.5 Å². The zero-order chi connectivity index (χ0) is 16.1. The van der Waals surface area contributed by atoms with Crippen molar-refractivity contribution in [3.63, 3.8) is 0 Å². The minimum absolute atomic E-state index is 0.209. The number of aliphatic hydroxyl groups excluding tert-OH is 1. The number of aliphatic hydroxyl groups is 1. The van der Waals surface area contributed by atoms with Crippen molar-refractivity contribution in [2.45, 2.75) is 38.8 Å². The molecule has 0 aliphatic heterocycles. The summed E-state index contributed by atoms with van der Waals surface area (Å²) >= 11 is 0. The van der Waals surface area contributed by atoms with Crippen LogP contribution in [0.25, 0.3) is 0 Å². The van der Waals surface area contributed by atoms with Gasteiger partial charge in [-0.2, -0.15) is 5.10 Å². The molecular formula is C15H22N4O3. The van der Waals surface area contributed by atoms with Crippen LogP contribution < -0.4 is 10.6 Å². The van der Waals surface area contributed by atoms with Crippen molar-refractivity contribution >= 4 is 11.8 Å². The standard InChI is InChI=1S/C15H22N4O3/c1-4-11-9-14(19(3)18-11)17-15(21)16-10(2)8-12(20)13-6-5-7-22-13/h5-7,9-10,12,20H,4,8H2,1-3H3,(H2,16,17,21)/t10-,12-/m1/s1. The summed E-state index contributed by atoms with van der Waals surface area (Å²) in [6.07, 6.45) is 1.95. The van der Waals surface area contributed by atoms with E-state index in [1.165, 1.54) is 6.26 Å². The Balaban J connectivity index is 1.84. The molecule has 2 rings (SSSR count). The van der Waals surface area contributed by atoms with E-state index in [0.717, 1.165) is 12.1 Å². The van der Waals surface area contributed by atoms with E-state index in [2.05, 4.69) is 15.7 Å². The number of carbonyl (C=O) groups excluding carboxylic acids is 1. The third kappa shape index (κ3) is 4.11. The molecule has 22 heavy (non-hydrogen) atoms. The minimum Gasteiger partial charge on any atom is -0.467 e. The number of anilines is 1. The van der Waals surface area contributed by atoms with E-state index in [9.17, 15) is 9.90 Å². The Labute approximate surface area is 129 Å². The van der Waals surface area contributed by atoms with Crippen LogP contribution in [0.3, 0.4) is 0 Å². The fourth-order valence-corrected chi connectivity index (χ4v) is 2.18. The monoisotopic (exact) mass is 306 g/mol. The average Bonchev–Trinajstić information content (AvgIpc) is 3.09. The second-order valence-electron chi connectivity index (χ2n) is 5.26. The van der Waals surface area contributed by atoms with Crippen molar-refractivity contribution < 1.29 is 14.3 Å². The molecule has 2 atom stereocenters. The maximum absolute atomic E-state index is 12.0. The molecule has 0 aromatic carbocycles. The van der Waals surface area contributed by atoms with Gasteiger partial charge in [-0.25, -0.2) is 4.79 Å². The summed E-state index contributed by atoms with van der Waals surface area (Å²) in [5, 5.41) is 19.8. The van der Waals surface area contributed by atoms with Gasteiger partial charge in [0.1, 0.15) is 17.7 Å². The van der Waals surface area contributed by atoms with Gasteiger partial charge < -0.3 is 14.8 Å². The lowest BCUT2D eigenvalue weighted by atomic mass is 10.1. The molecule has 0 saturated heterocycles. The van der Waals surface area contributed by atoms with E-state index < -0.39 is 6.10 Å².